The highest BCUT2D eigenvalue weighted by Gasteiger charge is 2.27. The zero-order valence-corrected chi connectivity index (χ0v) is 10.4. The number of carbonyl (C=O) groups excluding carboxylic acids is 1. The van der Waals surface area contributed by atoms with Crippen molar-refractivity contribution in [3.05, 3.63) is 28.2 Å². The van der Waals surface area contributed by atoms with E-state index in [1.54, 1.807) is 5.32 Å². The minimum Gasteiger partial charge on any atom is -0.482 e. The highest BCUT2D eigenvalue weighted by Crippen LogP contribution is 2.27. The summed E-state index contributed by atoms with van der Waals surface area (Å²) >= 11 is 11.4. The van der Waals surface area contributed by atoms with Crippen LogP contribution in [-0.2, 0) is 4.79 Å². The van der Waals surface area contributed by atoms with E-state index in [9.17, 15) is 18.0 Å². The number of carbonyl (C=O) groups is 1. The van der Waals surface area contributed by atoms with Gasteiger partial charge in [-0.05, 0) is 18.2 Å². The number of hydrogen-bond donors (Lipinski definition) is 1. The Bertz CT molecular complexity index is 438. The van der Waals surface area contributed by atoms with Crippen molar-refractivity contribution < 1.29 is 22.7 Å². The minimum atomic E-state index is -4.45. The molecule has 8 heteroatoms. The normalized spacial score (nSPS) is 11.2. The van der Waals surface area contributed by atoms with Crippen LogP contribution >= 0.6 is 23.2 Å². The molecule has 0 bridgehead atoms. The Morgan fingerprint density at radius 2 is 2.00 bits per heavy atom. The van der Waals surface area contributed by atoms with Crippen molar-refractivity contribution in [1.29, 1.82) is 0 Å². The summed E-state index contributed by atoms with van der Waals surface area (Å²) in [4.78, 5) is 11.0. The van der Waals surface area contributed by atoms with E-state index >= 15 is 0 Å². The predicted octanol–water partition coefficient (Wildman–Crippen LogP) is 3.05. The van der Waals surface area contributed by atoms with E-state index in [-0.39, 0.29) is 10.8 Å². The summed E-state index contributed by atoms with van der Waals surface area (Å²) in [7, 11) is 0. The number of rotatable bonds is 4. The molecule has 0 heterocycles. The Kier molecular flexibility index (Phi) is 5.10. The van der Waals surface area contributed by atoms with Gasteiger partial charge in [-0.2, -0.15) is 13.2 Å². The number of nitrogens with one attached hydrogen (secondary N) is 1. The lowest BCUT2D eigenvalue weighted by Crippen LogP contribution is -2.36. The number of benzene rings is 1. The van der Waals surface area contributed by atoms with E-state index in [0.29, 0.717) is 5.02 Å². The van der Waals surface area contributed by atoms with Gasteiger partial charge in [0.15, 0.2) is 6.61 Å². The van der Waals surface area contributed by atoms with E-state index in [2.05, 4.69) is 0 Å². The van der Waals surface area contributed by atoms with Crippen LogP contribution in [0.1, 0.15) is 0 Å². The van der Waals surface area contributed by atoms with Crippen LogP contribution in [0.2, 0.25) is 10.0 Å². The molecule has 0 fully saturated rings. The second-order valence-corrected chi connectivity index (χ2v) is 4.10. The summed E-state index contributed by atoms with van der Waals surface area (Å²) in [5.41, 5.74) is 0. The molecule has 1 N–H and O–H groups in total. The first-order valence-electron chi connectivity index (χ1n) is 4.69. The molecule has 0 atom stereocenters. The van der Waals surface area contributed by atoms with Gasteiger partial charge >= 0.3 is 6.18 Å². The molecule has 1 aromatic carbocycles. The van der Waals surface area contributed by atoms with Crippen LogP contribution in [0.15, 0.2) is 18.2 Å². The van der Waals surface area contributed by atoms with Gasteiger partial charge in [-0.15, -0.1) is 0 Å². The quantitative estimate of drug-likeness (QED) is 0.928. The summed E-state index contributed by atoms with van der Waals surface area (Å²) in [5.74, 6) is -0.721. The number of halogens is 5. The van der Waals surface area contributed by atoms with Crippen LogP contribution in [0.5, 0.6) is 5.75 Å². The molecule has 1 aromatic rings. The molecule has 0 spiro atoms. The maximum Gasteiger partial charge on any atom is 0.405 e. The highest BCUT2D eigenvalue weighted by atomic mass is 35.5. The zero-order valence-electron chi connectivity index (χ0n) is 8.85. The van der Waals surface area contributed by atoms with Crippen LogP contribution < -0.4 is 10.1 Å². The first kappa shape index (κ1) is 14.9. The van der Waals surface area contributed by atoms with Crippen molar-refractivity contribution in [2.45, 2.75) is 6.18 Å². The predicted molar refractivity (Wildman–Crippen MR) is 61.0 cm³/mol. The third kappa shape index (κ3) is 5.46. The molecule has 0 aliphatic heterocycles. The highest BCUT2D eigenvalue weighted by molar-refractivity contribution is 6.35. The molecule has 3 nitrogen and oxygen atoms in total. The van der Waals surface area contributed by atoms with E-state index in [0.717, 1.165) is 0 Å². The molecule has 1 amide bonds. The second-order valence-electron chi connectivity index (χ2n) is 3.26. The van der Waals surface area contributed by atoms with Crippen LogP contribution in [0.3, 0.4) is 0 Å². The third-order valence-electron chi connectivity index (χ3n) is 1.74. The van der Waals surface area contributed by atoms with Gasteiger partial charge in [0.25, 0.3) is 5.91 Å². The van der Waals surface area contributed by atoms with Gasteiger partial charge in [-0.1, -0.05) is 23.2 Å². The van der Waals surface area contributed by atoms with Gasteiger partial charge in [0.05, 0.1) is 5.02 Å². The molecule has 0 aliphatic rings. The molecule has 0 saturated carbocycles. The standard InChI is InChI=1S/C10H8Cl2F3NO2/c11-6-1-2-8(7(12)3-6)18-4-9(17)16-5-10(13,14)15/h1-3H,4-5H2,(H,16,17). The summed E-state index contributed by atoms with van der Waals surface area (Å²) in [6, 6.07) is 4.30. The maximum absolute atomic E-state index is 11.8. The first-order valence-corrected chi connectivity index (χ1v) is 5.45. The Labute approximate surface area is 111 Å². The zero-order chi connectivity index (χ0) is 13.8. The Morgan fingerprint density at radius 1 is 1.33 bits per heavy atom. The molecular weight excluding hydrogens is 294 g/mol. The largest absolute Gasteiger partial charge is 0.482 e. The van der Waals surface area contributed by atoms with Crippen molar-refractivity contribution >= 4 is 29.1 Å². The molecule has 0 unspecified atom stereocenters. The van der Waals surface area contributed by atoms with E-state index in [1.165, 1.54) is 18.2 Å². The van der Waals surface area contributed by atoms with Crippen LogP contribution in [0.25, 0.3) is 0 Å². The van der Waals surface area contributed by atoms with Gasteiger partial charge in [0, 0.05) is 5.02 Å². The van der Waals surface area contributed by atoms with Crippen LogP contribution in [0.4, 0.5) is 13.2 Å². The number of amides is 1. The fraction of sp³-hybridized carbons (Fsp3) is 0.300. The lowest BCUT2D eigenvalue weighted by atomic mass is 10.3. The van der Waals surface area contributed by atoms with Crippen molar-refractivity contribution in [2.24, 2.45) is 0 Å². The van der Waals surface area contributed by atoms with Crippen LogP contribution in [-0.4, -0.2) is 25.2 Å². The van der Waals surface area contributed by atoms with Gasteiger partial charge in [-0.25, -0.2) is 0 Å². The third-order valence-corrected chi connectivity index (χ3v) is 2.27. The lowest BCUT2D eigenvalue weighted by molar-refractivity contribution is -0.139. The fourth-order valence-corrected chi connectivity index (χ4v) is 1.45. The average Bonchev–Trinajstić information content (AvgIpc) is 2.24. The molecule has 0 radical (unpaired) electrons. The van der Waals surface area contributed by atoms with E-state index in [4.69, 9.17) is 27.9 Å². The Hall–Kier alpha value is -1.14. The summed E-state index contributed by atoms with van der Waals surface area (Å²) in [6.45, 7) is -1.96. The van der Waals surface area contributed by atoms with E-state index < -0.39 is 25.2 Å². The maximum atomic E-state index is 11.8. The Morgan fingerprint density at radius 3 is 2.56 bits per heavy atom. The molecule has 18 heavy (non-hydrogen) atoms. The summed E-state index contributed by atoms with van der Waals surface area (Å²) in [6.07, 6.45) is -4.45. The summed E-state index contributed by atoms with van der Waals surface area (Å²) < 4.78 is 40.3. The van der Waals surface area contributed by atoms with E-state index in [1.807, 2.05) is 0 Å². The Balaban J connectivity index is 2.43. The average molecular weight is 302 g/mol. The molecule has 0 saturated heterocycles. The van der Waals surface area contributed by atoms with Crippen molar-refractivity contribution in [3.8, 4) is 5.75 Å². The number of alkyl halides is 3. The van der Waals surface area contributed by atoms with Gasteiger partial charge in [0.2, 0.25) is 0 Å². The molecule has 100 valence electrons. The molecule has 0 aromatic heterocycles. The van der Waals surface area contributed by atoms with Crippen molar-refractivity contribution in [3.63, 3.8) is 0 Å². The van der Waals surface area contributed by atoms with Gasteiger partial charge in [0.1, 0.15) is 12.3 Å². The minimum absolute atomic E-state index is 0.170. The van der Waals surface area contributed by atoms with Gasteiger partial charge in [-0.3, -0.25) is 4.79 Å². The van der Waals surface area contributed by atoms with Crippen molar-refractivity contribution in [2.75, 3.05) is 13.2 Å². The second kappa shape index (κ2) is 6.15. The monoisotopic (exact) mass is 301 g/mol. The molecule has 1 rings (SSSR count). The van der Waals surface area contributed by atoms with Crippen molar-refractivity contribution in [1.82, 2.24) is 5.32 Å². The lowest BCUT2D eigenvalue weighted by Gasteiger charge is -2.10. The molecular formula is C10H8Cl2F3NO2. The fourth-order valence-electron chi connectivity index (χ4n) is 0.985. The number of ether oxygens (including phenoxy) is 1. The summed E-state index contributed by atoms with van der Waals surface area (Å²) in [5, 5.41) is 2.22. The van der Waals surface area contributed by atoms with Crippen LogP contribution in [0, 0.1) is 0 Å². The molecule has 0 aliphatic carbocycles. The topological polar surface area (TPSA) is 38.3 Å². The smallest absolute Gasteiger partial charge is 0.405 e. The number of hydrogen-bond acceptors (Lipinski definition) is 2. The SMILES string of the molecule is O=C(COc1ccc(Cl)cc1Cl)NCC(F)(F)F. The van der Waals surface area contributed by atoms with Gasteiger partial charge < -0.3 is 10.1 Å². The first-order chi connectivity index (χ1) is 8.28.